The van der Waals surface area contributed by atoms with Crippen molar-refractivity contribution >= 4 is 33.3 Å². The molecule has 3 N–H and O–H groups in total. The summed E-state index contributed by atoms with van der Waals surface area (Å²) < 4.78 is 0. The van der Waals surface area contributed by atoms with Gasteiger partial charge in [0, 0.05) is 42.8 Å². The number of nitrogens with one attached hydrogen (secondary N) is 1. The SMILES string of the molecule is CCc1cc2c(N3CCN(C(=O)/C(C)=C/NN)CC3)ncnc2s1. The van der Waals surface area contributed by atoms with Gasteiger partial charge in [-0.2, -0.15) is 0 Å². The summed E-state index contributed by atoms with van der Waals surface area (Å²) in [6.07, 6.45) is 4.16. The van der Waals surface area contributed by atoms with E-state index in [1.165, 1.54) is 11.1 Å². The standard InChI is InChI=1S/C16H22N6OS/c1-3-12-8-13-14(18-10-19-15(13)24-12)21-4-6-22(7-5-21)16(23)11(2)9-20-17/h8-10,20H,3-7,17H2,1-2H3/b11-9+. The smallest absolute Gasteiger partial charge is 0.251 e. The van der Waals surface area contributed by atoms with E-state index in [1.54, 1.807) is 24.6 Å². The first kappa shape index (κ1) is 16.7. The van der Waals surface area contributed by atoms with Crippen molar-refractivity contribution in [1.29, 1.82) is 0 Å². The van der Waals surface area contributed by atoms with Gasteiger partial charge in [-0.25, -0.2) is 9.97 Å². The lowest BCUT2D eigenvalue weighted by Gasteiger charge is -2.35. The van der Waals surface area contributed by atoms with Gasteiger partial charge in [0.15, 0.2) is 0 Å². The monoisotopic (exact) mass is 346 g/mol. The van der Waals surface area contributed by atoms with Gasteiger partial charge in [-0.3, -0.25) is 10.6 Å². The summed E-state index contributed by atoms with van der Waals surface area (Å²) >= 11 is 1.72. The third-order valence-corrected chi connectivity index (χ3v) is 5.40. The maximum atomic E-state index is 12.3. The fourth-order valence-electron chi connectivity index (χ4n) is 2.88. The lowest BCUT2D eigenvalue weighted by atomic mass is 10.2. The number of nitrogens with zero attached hydrogens (tertiary/aromatic N) is 4. The van der Waals surface area contributed by atoms with E-state index in [-0.39, 0.29) is 5.91 Å². The third kappa shape index (κ3) is 3.20. The van der Waals surface area contributed by atoms with Crippen LogP contribution in [-0.4, -0.2) is 47.0 Å². The van der Waals surface area contributed by atoms with E-state index in [1.807, 2.05) is 4.90 Å². The predicted octanol–water partition coefficient (Wildman–Crippen LogP) is 1.27. The molecule has 24 heavy (non-hydrogen) atoms. The molecular weight excluding hydrogens is 324 g/mol. The molecule has 0 radical (unpaired) electrons. The highest BCUT2D eigenvalue weighted by atomic mass is 32.1. The number of rotatable bonds is 4. The van der Waals surface area contributed by atoms with Crippen molar-refractivity contribution in [2.75, 3.05) is 31.1 Å². The van der Waals surface area contributed by atoms with E-state index in [4.69, 9.17) is 5.84 Å². The Bertz CT molecular complexity index is 763. The lowest BCUT2D eigenvalue weighted by Crippen LogP contribution is -2.49. The van der Waals surface area contributed by atoms with Crippen molar-refractivity contribution in [2.45, 2.75) is 20.3 Å². The fourth-order valence-corrected chi connectivity index (χ4v) is 3.81. The second-order valence-electron chi connectivity index (χ2n) is 5.76. The molecule has 0 aliphatic carbocycles. The highest BCUT2D eigenvalue weighted by Crippen LogP contribution is 2.30. The average molecular weight is 346 g/mol. The number of carbonyl (C=O) groups excluding carboxylic acids is 1. The molecule has 7 nitrogen and oxygen atoms in total. The molecule has 3 heterocycles. The number of carbonyl (C=O) groups is 1. The number of fused-ring (bicyclic) bond motifs is 1. The van der Waals surface area contributed by atoms with Crippen molar-refractivity contribution in [2.24, 2.45) is 5.84 Å². The molecule has 1 saturated heterocycles. The van der Waals surface area contributed by atoms with Gasteiger partial charge in [0.1, 0.15) is 17.0 Å². The Kier molecular flexibility index (Phi) is 4.96. The zero-order chi connectivity index (χ0) is 17.1. The van der Waals surface area contributed by atoms with Crippen LogP contribution in [0, 0.1) is 0 Å². The van der Waals surface area contributed by atoms with Gasteiger partial charge in [-0.1, -0.05) is 6.92 Å². The Hall–Kier alpha value is -2.19. The maximum Gasteiger partial charge on any atom is 0.251 e. The van der Waals surface area contributed by atoms with E-state index < -0.39 is 0 Å². The van der Waals surface area contributed by atoms with Gasteiger partial charge in [0.25, 0.3) is 5.91 Å². The zero-order valence-corrected chi connectivity index (χ0v) is 14.8. The molecule has 128 valence electrons. The minimum absolute atomic E-state index is 0.0178. The minimum atomic E-state index is 0.0178. The van der Waals surface area contributed by atoms with Crippen molar-refractivity contribution < 1.29 is 4.79 Å². The van der Waals surface area contributed by atoms with E-state index >= 15 is 0 Å². The van der Waals surface area contributed by atoms with E-state index in [9.17, 15) is 4.79 Å². The molecule has 0 bridgehead atoms. The molecule has 8 heteroatoms. The molecule has 1 aliphatic heterocycles. The van der Waals surface area contributed by atoms with Crippen molar-refractivity contribution in [3.05, 3.63) is 29.0 Å². The largest absolute Gasteiger partial charge is 0.352 e. The Morgan fingerprint density at radius 2 is 2.12 bits per heavy atom. The van der Waals surface area contributed by atoms with Gasteiger partial charge in [-0.15, -0.1) is 11.3 Å². The van der Waals surface area contributed by atoms with Crippen LogP contribution in [0.3, 0.4) is 0 Å². The molecule has 0 saturated carbocycles. The van der Waals surface area contributed by atoms with Gasteiger partial charge in [-0.05, 0) is 19.4 Å². The molecule has 0 unspecified atom stereocenters. The molecule has 0 atom stereocenters. The number of amides is 1. The highest BCUT2D eigenvalue weighted by Gasteiger charge is 2.24. The number of hydrazine groups is 1. The van der Waals surface area contributed by atoms with Crippen molar-refractivity contribution in [1.82, 2.24) is 20.3 Å². The summed E-state index contributed by atoms with van der Waals surface area (Å²) in [7, 11) is 0. The second-order valence-corrected chi connectivity index (χ2v) is 6.87. The van der Waals surface area contributed by atoms with Crippen LogP contribution in [0.5, 0.6) is 0 Å². The Balaban J connectivity index is 1.74. The van der Waals surface area contributed by atoms with Gasteiger partial charge in [0.2, 0.25) is 0 Å². The lowest BCUT2D eigenvalue weighted by molar-refractivity contribution is -0.127. The average Bonchev–Trinajstić information content (AvgIpc) is 3.05. The first-order valence-corrected chi connectivity index (χ1v) is 8.86. The van der Waals surface area contributed by atoms with Crippen LogP contribution in [-0.2, 0) is 11.2 Å². The van der Waals surface area contributed by atoms with Crippen LogP contribution in [0.1, 0.15) is 18.7 Å². The first-order valence-electron chi connectivity index (χ1n) is 8.04. The number of thiophene rings is 1. The highest BCUT2D eigenvalue weighted by molar-refractivity contribution is 7.18. The number of aryl methyl sites for hydroxylation is 1. The molecular formula is C16H22N6OS. The molecule has 0 spiro atoms. The number of anilines is 1. The maximum absolute atomic E-state index is 12.3. The normalized spacial score (nSPS) is 15.9. The van der Waals surface area contributed by atoms with Crippen LogP contribution in [0.25, 0.3) is 10.2 Å². The Labute approximate surface area is 145 Å². The van der Waals surface area contributed by atoms with Crippen molar-refractivity contribution in [3.63, 3.8) is 0 Å². The van der Waals surface area contributed by atoms with Gasteiger partial charge >= 0.3 is 0 Å². The number of hydrogen-bond donors (Lipinski definition) is 2. The fraction of sp³-hybridized carbons (Fsp3) is 0.438. The molecule has 1 fully saturated rings. The van der Waals surface area contributed by atoms with E-state index in [0.29, 0.717) is 18.7 Å². The van der Waals surface area contributed by atoms with Crippen LogP contribution in [0.4, 0.5) is 5.82 Å². The van der Waals surface area contributed by atoms with Crippen LogP contribution in [0.2, 0.25) is 0 Å². The number of aromatic nitrogens is 2. The number of hydrogen-bond acceptors (Lipinski definition) is 7. The molecule has 1 amide bonds. The summed E-state index contributed by atoms with van der Waals surface area (Å²) in [4.78, 5) is 27.6. The Morgan fingerprint density at radius 3 is 2.79 bits per heavy atom. The molecule has 2 aromatic rings. The van der Waals surface area contributed by atoms with Gasteiger partial charge in [0.05, 0.1) is 5.39 Å². The van der Waals surface area contributed by atoms with Crippen LogP contribution >= 0.6 is 11.3 Å². The molecule has 3 rings (SSSR count). The summed E-state index contributed by atoms with van der Waals surface area (Å²) in [6.45, 7) is 6.78. The zero-order valence-electron chi connectivity index (χ0n) is 14.0. The molecule has 1 aliphatic rings. The number of piperazine rings is 1. The third-order valence-electron chi connectivity index (χ3n) is 4.21. The quantitative estimate of drug-likeness (QED) is 0.492. The van der Waals surface area contributed by atoms with Crippen LogP contribution in [0.15, 0.2) is 24.2 Å². The molecule has 2 aromatic heterocycles. The summed E-state index contributed by atoms with van der Waals surface area (Å²) in [5.41, 5.74) is 3.03. The van der Waals surface area contributed by atoms with Crippen molar-refractivity contribution in [3.8, 4) is 0 Å². The van der Waals surface area contributed by atoms with E-state index in [2.05, 4.69) is 33.3 Å². The topological polar surface area (TPSA) is 87.4 Å². The molecule has 0 aromatic carbocycles. The first-order chi connectivity index (χ1) is 11.6. The number of nitrogens with two attached hydrogens (primary N) is 1. The Morgan fingerprint density at radius 1 is 1.38 bits per heavy atom. The predicted molar refractivity (Wildman–Crippen MR) is 96.7 cm³/mol. The summed E-state index contributed by atoms with van der Waals surface area (Å²) in [5, 5.41) is 1.11. The minimum Gasteiger partial charge on any atom is -0.352 e. The second kappa shape index (κ2) is 7.14. The summed E-state index contributed by atoms with van der Waals surface area (Å²) in [6, 6.07) is 2.19. The summed E-state index contributed by atoms with van der Waals surface area (Å²) in [5.74, 6) is 6.23. The van der Waals surface area contributed by atoms with E-state index in [0.717, 1.165) is 35.5 Å². The van der Waals surface area contributed by atoms with Gasteiger partial charge < -0.3 is 15.2 Å². The van der Waals surface area contributed by atoms with Crippen LogP contribution < -0.4 is 16.2 Å².